The molecule has 1 aromatic rings. The Morgan fingerprint density at radius 1 is 1.43 bits per heavy atom. The fourth-order valence-corrected chi connectivity index (χ4v) is 2.95. The van der Waals surface area contributed by atoms with Crippen molar-refractivity contribution in [2.45, 2.75) is 17.4 Å². The lowest BCUT2D eigenvalue weighted by molar-refractivity contribution is -0.139. The van der Waals surface area contributed by atoms with Crippen LogP contribution >= 0.6 is 11.6 Å². The fourth-order valence-electron chi connectivity index (χ4n) is 1.58. The number of rotatable bonds is 8. The van der Waals surface area contributed by atoms with E-state index in [0.29, 0.717) is 5.02 Å². The Labute approximate surface area is 127 Å². The molecule has 1 atom stereocenters. The van der Waals surface area contributed by atoms with Crippen LogP contribution in [0.1, 0.15) is 6.42 Å². The number of aliphatic carboxylic acids is 1. The second-order valence-corrected chi connectivity index (χ2v) is 6.27. The normalized spacial score (nSPS) is 12.9. The van der Waals surface area contributed by atoms with E-state index in [-0.39, 0.29) is 23.6 Å². The maximum absolute atomic E-state index is 12.2. The van der Waals surface area contributed by atoms with E-state index in [4.69, 9.17) is 26.2 Å². The SMILES string of the molecule is COc1cc(Cl)ccc1S(=O)(=O)NCC(CC(=O)O)OC. The highest BCUT2D eigenvalue weighted by molar-refractivity contribution is 7.89. The number of sulfonamides is 1. The summed E-state index contributed by atoms with van der Waals surface area (Å²) in [6.07, 6.45) is -1.08. The first-order chi connectivity index (χ1) is 9.80. The van der Waals surface area contributed by atoms with Gasteiger partial charge in [0.2, 0.25) is 10.0 Å². The first-order valence-electron chi connectivity index (χ1n) is 5.88. The van der Waals surface area contributed by atoms with E-state index >= 15 is 0 Å². The van der Waals surface area contributed by atoms with Gasteiger partial charge >= 0.3 is 5.97 Å². The quantitative estimate of drug-likeness (QED) is 0.737. The molecule has 0 spiro atoms. The van der Waals surface area contributed by atoms with Crippen LogP contribution in [0.3, 0.4) is 0 Å². The second-order valence-electron chi connectivity index (χ2n) is 4.10. The van der Waals surface area contributed by atoms with Gasteiger partial charge in [0.25, 0.3) is 0 Å². The minimum absolute atomic E-state index is 0.0837. The number of halogens is 1. The Balaban J connectivity index is 2.89. The van der Waals surface area contributed by atoms with Gasteiger partial charge in [0.05, 0.1) is 19.6 Å². The molecule has 7 nitrogen and oxygen atoms in total. The number of carbonyl (C=O) groups is 1. The van der Waals surface area contributed by atoms with Gasteiger partial charge in [-0.05, 0) is 12.1 Å². The van der Waals surface area contributed by atoms with Crippen LogP contribution in [0.5, 0.6) is 5.75 Å². The van der Waals surface area contributed by atoms with Crippen molar-refractivity contribution in [3.05, 3.63) is 23.2 Å². The van der Waals surface area contributed by atoms with Crippen molar-refractivity contribution in [3.63, 3.8) is 0 Å². The molecular formula is C12H16ClNO6S. The number of carboxylic acids is 1. The summed E-state index contributed by atoms with van der Waals surface area (Å²) in [5.41, 5.74) is 0. The summed E-state index contributed by atoms with van der Waals surface area (Å²) < 4.78 is 36.6. The van der Waals surface area contributed by atoms with E-state index in [1.54, 1.807) is 0 Å². The molecule has 0 radical (unpaired) electrons. The smallest absolute Gasteiger partial charge is 0.306 e. The van der Waals surface area contributed by atoms with E-state index in [1.165, 1.54) is 32.4 Å². The van der Waals surface area contributed by atoms with E-state index in [9.17, 15) is 13.2 Å². The van der Waals surface area contributed by atoms with Crippen LogP contribution < -0.4 is 9.46 Å². The Hall–Kier alpha value is -1.35. The number of methoxy groups -OCH3 is 2. The Bertz CT molecular complexity index is 604. The summed E-state index contributed by atoms with van der Waals surface area (Å²) in [6.45, 7) is -0.170. The largest absolute Gasteiger partial charge is 0.495 e. The highest BCUT2D eigenvalue weighted by Gasteiger charge is 2.22. The monoisotopic (exact) mass is 337 g/mol. The lowest BCUT2D eigenvalue weighted by Crippen LogP contribution is -2.34. The summed E-state index contributed by atoms with van der Waals surface area (Å²) in [5.74, 6) is -0.979. The Morgan fingerprint density at radius 2 is 2.10 bits per heavy atom. The predicted molar refractivity (Wildman–Crippen MR) is 76.2 cm³/mol. The third-order valence-corrected chi connectivity index (χ3v) is 4.35. The number of hydrogen-bond acceptors (Lipinski definition) is 5. The molecule has 21 heavy (non-hydrogen) atoms. The summed E-state index contributed by atoms with van der Waals surface area (Å²) in [6, 6.07) is 4.10. The van der Waals surface area contributed by atoms with Gasteiger partial charge in [-0.2, -0.15) is 0 Å². The van der Waals surface area contributed by atoms with Crippen molar-refractivity contribution in [1.82, 2.24) is 4.72 Å². The number of ether oxygens (including phenoxy) is 2. The second kappa shape index (κ2) is 7.60. The molecule has 1 unspecified atom stereocenters. The van der Waals surface area contributed by atoms with Crippen molar-refractivity contribution >= 4 is 27.6 Å². The number of carboxylic acid groups (broad SMARTS) is 1. The van der Waals surface area contributed by atoms with Crippen molar-refractivity contribution in [2.75, 3.05) is 20.8 Å². The van der Waals surface area contributed by atoms with Crippen LogP contribution in [-0.2, 0) is 19.6 Å². The predicted octanol–water partition coefficient (Wildman–Crippen LogP) is 1.12. The molecule has 9 heteroatoms. The van der Waals surface area contributed by atoms with Gasteiger partial charge in [-0.1, -0.05) is 11.6 Å². The number of nitrogens with one attached hydrogen (secondary N) is 1. The highest BCUT2D eigenvalue weighted by atomic mass is 35.5. The maximum atomic E-state index is 12.2. The first-order valence-corrected chi connectivity index (χ1v) is 7.74. The molecule has 0 aliphatic rings. The lowest BCUT2D eigenvalue weighted by Gasteiger charge is -2.15. The minimum atomic E-state index is -3.87. The minimum Gasteiger partial charge on any atom is -0.495 e. The molecular weight excluding hydrogens is 322 g/mol. The van der Waals surface area contributed by atoms with Gasteiger partial charge in [0.1, 0.15) is 10.6 Å². The molecule has 1 aromatic carbocycles. The topological polar surface area (TPSA) is 102 Å². The van der Waals surface area contributed by atoms with Crippen LogP contribution in [0.15, 0.2) is 23.1 Å². The van der Waals surface area contributed by atoms with Gasteiger partial charge in [-0.15, -0.1) is 0 Å². The number of hydrogen-bond donors (Lipinski definition) is 2. The van der Waals surface area contributed by atoms with E-state index in [2.05, 4.69) is 4.72 Å². The molecule has 2 N–H and O–H groups in total. The standard InChI is InChI=1S/C12H16ClNO6S/c1-19-9(6-12(15)16)7-14-21(17,18)11-4-3-8(13)5-10(11)20-2/h3-5,9,14H,6-7H2,1-2H3,(H,15,16). The van der Waals surface area contributed by atoms with Crippen LogP contribution in [0.25, 0.3) is 0 Å². The van der Waals surface area contributed by atoms with Crippen molar-refractivity contribution in [2.24, 2.45) is 0 Å². The average molecular weight is 338 g/mol. The summed E-state index contributed by atoms with van der Waals surface area (Å²) in [7, 11) is -1.23. The van der Waals surface area contributed by atoms with Crippen LogP contribution in [-0.4, -0.2) is 46.4 Å². The molecule has 0 aliphatic carbocycles. The molecule has 0 saturated heterocycles. The molecule has 0 aliphatic heterocycles. The average Bonchev–Trinajstić information content (AvgIpc) is 2.42. The molecule has 0 bridgehead atoms. The molecule has 0 heterocycles. The summed E-state index contributed by atoms with van der Waals surface area (Å²) in [4.78, 5) is 10.5. The van der Waals surface area contributed by atoms with Gasteiger partial charge < -0.3 is 14.6 Å². The number of benzene rings is 1. The van der Waals surface area contributed by atoms with Crippen molar-refractivity contribution in [1.29, 1.82) is 0 Å². The molecule has 118 valence electrons. The van der Waals surface area contributed by atoms with E-state index < -0.39 is 22.1 Å². The maximum Gasteiger partial charge on any atom is 0.306 e. The first kappa shape index (κ1) is 17.7. The van der Waals surface area contributed by atoms with Crippen LogP contribution in [0, 0.1) is 0 Å². The van der Waals surface area contributed by atoms with Crippen LogP contribution in [0.4, 0.5) is 0 Å². The zero-order chi connectivity index (χ0) is 16.0. The zero-order valence-corrected chi connectivity index (χ0v) is 13.1. The molecule has 0 saturated carbocycles. The third-order valence-electron chi connectivity index (χ3n) is 2.65. The molecule has 1 rings (SSSR count). The van der Waals surface area contributed by atoms with Crippen molar-refractivity contribution in [3.8, 4) is 5.75 Å². The Morgan fingerprint density at radius 3 is 2.62 bits per heavy atom. The molecule has 0 aromatic heterocycles. The van der Waals surface area contributed by atoms with Gasteiger partial charge in [0.15, 0.2) is 0 Å². The fraction of sp³-hybridized carbons (Fsp3) is 0.417. The molecule has 0 fully saturated rings. The summed E-state index contributed by atoms with van der Waals surface area (Å²) >= 11 is 5.77. The lowest BCUT2D eigenvalue weighted by atomic mass is 10.2. The van der Waals surface area contributed by atoms with E-state index in [1.807, 2.05) is 0 Å². The van der Waals surface area contributed by atoms with Gasteiger partial charge in [0, 0.05) is 24.7 Å². The third kappa shape index (κ3) is 5.16. The van der Waals surface area contributed by atoms with Gasteiger partial charge in [-0.3, -0.25) is 4.79 Å². The van der Waals surface area contributed by atoms with Gasteiger partial charge in [-0.25, -0.2) is 13.1 Å². The van der Waals surface area contributed by atoms with E-state index in [0.717, 1.165) is 0 Å². The zero-order valence-electron chi connectivity index (χ0n) is 11.5. The van der Waals surface area contributed by atoms with Crippen LogP contribution in [0.2, 0.25) is 5.02 Å². The van der Waals surface area contributed by atoms with Crippen molar-refractivity contribution < 1.29 is 27.8 Å². The highest BCUT2D eigenvalue weighted by Crippen LogP contribution is 2.26. The summed E-state index contributed by atoms with van der Waals surface area (Å²) in [5, 5.41) is 9.02. The molecule has 0 amide bonds. The Kier molecular flexibility index (Phi) is 6.41.